The first-order valence-electron chi connectivity index (χ1n) is 8.37. The third-order valence-corrected chi connectivity index (χ3v) is 3.79. The molecule has 0 fully saturated rings. The van der Waals surface area contributed by atoms with Gasteiger partial charge in [-0.1, -0.05) is 42.5 Å². The third kappa shape index (κ3) is 7.08. The van der Waals surface area contributed by atoms with Crippen LogP contribution in [0.4, 0.5) is 0 Å². The van der Waals surface area contributed by atoms with Gasteiger partial charge in [0, 0.05) is 13.1 Å². The Kier molecular flexibility index (Phi) is 7.50. The zero-order chi connectivity index (χ0) is 17.9. The molecule has 0 aliphatic rings. The summed E-state index contributed by atoms with van der Waals surface area (Å²) in [4.78, 5) is 23.5. The molecule has 0 unspecified atom stereocenters. The molecule has 2 aromatic carbocycles. The van der Waals surface area contributed by atoms with Crippen molar-refractivity contribution in [2.24, 2.45) is 0 Å². The van der Waals surface area contributed by atoms with Gasteiger partial charge in [-0.2, -0.15) is 0 Å². The van der Waals surface area contributed by atoms with Gasteiger partial charge in [-0.3, -0.25) is 9.59 Å². The molecule has 5 nitrogen and oxygen atoms in total. The second kappa shape index (κ2) is 10.1. The summed E-state index contributed by atoms with van der Waals surface area (Å²) in [7, 11) is 1.63. The van der Waals surface area contributed by atoms with Crippen LogP contribution in [0.3, 0.4) is 0 Å². The lowest BCUT2D eigenvalue weighted by atomic mass is 10.1. The molecule has 0 bridgehead atoms. The number of hydrogen-bond donors (Lipinski definition) is 2. The van der Waals surface area contributed by atoms with E-state index in [1.807, 2.05) is 54.6 Å². The normalized spacial score (nSPS) is 10.1. The van der Waals surface area contributed by atoms with Crippen molar-refractivity contribution in [3.63, 3.8) is 0 Å². The highest BCUT2D eigenvalue weighted by Gasteiger charge is 2.08. The summed E-state index contributed by atoms with van der Waals surface area (Å²) in [6.45, 7) is 1.03. The highest BCUT2D eigenvalue weighted by atomic mass is 16.5. The molecule has 132 valence electrons. The number of carbonyl (C=O) groups excluding carboxylic acids is 2. The fourth-order valence-corrected chi connectivity index (χ4v) is 2.40. The quantitative estimate of drug-likeness (QED) is 0.687. The molecular weight excluding hydrogens is 316 g/mol. The van der Waals surface area contributed by atoms with Crippen LogP contribution in [0, 0.1) is 0 Å². The number of amides is 2. The van der Waals surface area contributed by atoms with E-state index in [1.165, 1.54) is 0 Å². The van der Waals surface area contributed by atoms with Crippen LogP contribution in [0.2, 0.25) is 0 Å². The van der Waals surface area contributed by atoms with E-state index in [1.54, 1.807) is 7.11 Å². The highest BCUT2D eigenvalue weighted by molar-refractivity contribution is 5.96. The van der Waals surface area contributed by atoms with E-state index < -0.39 is 0 Å². The van der Waals surface area contributed by atoms with Crippen LogP contribution in [0.25, 0.3) is 0 Å². The van der Waals surface area contributed by atoms with E-state index >= 15 is 0 Å². The molecule has 0 aliphatic heterocycles. The zero-order valence-electron chi connectivity index (χ0n) is 14.5. The first-order valence-corrected chi connectivity index (χ1v) is 8.37. The molecule has 0 heterocycles. The fourth-order valence-electron chi connectivity index (χ4n) is 2.40. The van der Waals surface area contributed by atoms with Gasteiger partial charge in [0.1, 0.15) is 12.2 Å². The number of rotatable bonds is 9. The zero-order valence-corrected chi connectivity index (χ0v) is 14.5. The molecule has 0 saturated carbocycles. The third-order valence-electron chi connectivity index (χ3n) is 3.79. The molecule has 0 saturated heterocycles. The van der Waals surface area contributed by atoms with Gasteiger partial charge in [-0.25, -0.2) is 0 Å². The molecule has 25 heavy (non-hydrogen) atoms. The fraction of sp³-hybridized carbons (Fsp3) is 0.300. The van der Waals surface area contributed by atoms with Crippen molar-refractivity contribution in [3.8, 4) is 5.75 Å². The molecule has 0 atom stereocenters. The second-order valence-electron chi connectivity index (χ2n) is 5.71. The highest BCUT2D eigenvalue weighted by Crippen LogP contribution is 2.11. The molecule has 2 aromatic rings. The summed E-state index contributed by atoms with van der Waals surface area (Å²) in [6, 6.07) is 17.6. The lowest BCUT2D eigenvalue weighted by molar-refractivity contribution is -0.129. The number of benzene rings is 2. The van der Waals surface area contributed by atoms with E-state index in [0.717, 1.165) is 23.3 Å². The minimum absolute atomic E-state index is 0.141. The number of methoxy groups -OCH3 is 1. The summed E-state index contributed by atoms with van der Waals surface area (Å²) >= 11 is 0. The van der Waals surface area contributed by atoms with E-state index in [0.29, 0.717) is 19.5 Å². The van der Waals surface area contributed by atoms with Gasteiger partial charge in [0.15, 0.2) is 0 Å². The molecule has 0 spiro atoms. The van der Waals surface area contributed by atoms with Crippen molar-refractivity contribution in [2.45, 2.75) is 19.3 Å². The van der Waals surface area contributed by atoms with Crippen LogP contribution in [0.5, 0.6) is 5.75 Å². The monoisotopic (exact) mass is 340 g/mol. The topological polar surface area (TPSA) is 67.4 Å². The van der Waals surface area contributed by atoms with Crippen LogP contribution in [-0.2, 0) is 22.4 Å². The van der Waals surface area contributed by atoms with Gasteiger partial charge in [-0.15, -0.1) is 0 Å². The van der Waals surface area contributed by atoms with Gasteiger partial charge in [0.05, 0.1) is 7.11 Å². The second-order valence-corrected chi connectivity index (χ2v) is 5.71. The Morgan fingerprint density at radius 1 is 0.800 bits per heavy atom. The SMILES string of the molecule is COc1ccc(CCNC(=O)CC(=O)NCCc2ccccc2)cc1. The smallest absolute Gasteiger partial charge is 0.229 e. The summed E-state index contributed by atoms with van der Waals surface area (Å²) in [6.07, 6.45) is 1.33. The van der Waals surface area contributed by atoms with Crippen molar-refractivity contribution in [2.75, 3.05) is 20.2 Å². The number of hydrogen-bond acceptors (Lipinski definition) is 3. The first-order chi connectivity index (χ1) is 12.2. The molecule has 2 amide bonds. The molecule has 2 rings (SSSR count). The Balaban J connectivity index is 1.59. The van der Waals surface area contributed by atoms with Crippen LogP contribution in [-0.4, -0.2) is 32.0 Å². The summed E-state index contributed by atoms with van der Waals surface area (Å²) < 4.78 is 5.10. The van der Waals surface area contributed by atoms with Crippen LogP contribution in [0.15, 0.2) is 54.6 Å². The minimum atomic E-state index is -0.259. The molecule has 0 aromatic heterocycles. The summed E-state index contributed by atoms with van der Waals surface area (Å²) in [5.74, 6) is 0.295. The summed E-state index contributed by atoms with van der Waals surface area (Å²) in [5.41, 5.74) is 2.26. The Hall–Kier alpha value is -2.82. The van der Waals surface area contributed by atoms with Crippen molar-refractivity contribution >= 4 is 11.8 Å². The summed E-state index contributed by atoms with van der Waals surface area (Å²) in [5, 5.41) is 5.54. The molecule has 5 heteroatoms. The maximum Gasteiger partial charge on any atom is 0.229 e. The van der Waals surface area contributed by atoms with Gasteiger partial charge < -0.3 is 15.4 Å². The largest absolute Gasteiger partial charge is 0.497 e. The van der Waals surface area contributed by atoms with Gasteiger partial charge in [-0.05, 0) is 36.1 Å². The van der Waals surface area contributed by atoms with Crippen LogP contribution < -0.4 is 15.4 Å². The predicted molar refractivity (Wildman–Crippen MR) is 97.5 cm³/mol. The Morgan fingerprint density at radius 2 is 1.32 bits per heavy atom. The lowest BCUT2D eigenvalue weighted by Gasteiger charge is -2.07. The molecule has 0 aliphatic carbocycles. The minimum Gasteiger partial charge on any atom is -0.497 e. The first kappa shape index (κ1) is 18.5. The van der Waals surface area contributed by atoms with E-state index in [-0.39, 0.29) is 18.2 Å². The average molecular weight is 340 g/mol. The van der Waals surface area contributed by atoms with Crippen LogP contribution in [0.1, 0.15) is 17.5 Å². The van der Waals surface area contributed by atoms with Gasteiger partial charge in [0.25, 0.3) is 0 Å². The maximum atomic E-state index is 11.8. The van der Waals surface area contributed by atoms with Crippen molar-refractivity contribution < 1.29 is 14.3 Å². The van der Waals surface area contributed by atoms with Crippen LogP contribution >= 0.6 is 0 Å². The Morgan fingerprint density at radius 3 is 1.84 bits per heavy atom. The standard InChI is InChI=1S/C20H24N2O3/c1-25-18-9-7-17(8-10-18)12-14-22-20(24)15-19(23)21-13-11-16-5-3-2-4-6-16/h2-10H,11-15H2,1H3,(H,21,23)(H,22,24). The number of carbonyl (C=O) groups is 2. The number of ether oxygens (including phenoxy) is 1. The van der Waals surface area contributed by atoms with Gasteiger partial charge >= 0.3 is 0 Å². The Labute approximate surface area is 148 Å². The maximum absolute atomic E-state index is 11.8. The van der Waals surface area contributed by atoms with E-state index in [2.05, 4.69) is 10.6 Å². The molecular formula is C20H24N2O3. The predicted octanol–water partition coefficient (Wildman–Crippen LogP) is 2.10. The lowest BCUT2D eigenvalue weighted by Crippen LogP contribution is -2.33. The van der Waals surface area contributed by atoms with Crippen molar-refractivity contribution in [1.29, 1.82) is 0 Å². The van der Waals surface area contributed by atoms with E-state index in [9.17, 15) is 9.59 Å². The average Bonchev–Trinajstić information content (AvgIpc) is 2.63. The molecule has 2 N–H and O–H groups in total. The van der Waals surface area contributed by atoms with Crippen molar-refractivity contribution in [1.82, 2.24) is 10.6 Å². The Bertz CT molecular complexity index is 669. The van der Waals surface area contributed by atoms with Crippen molar-refractivity contribution in [3.05, 3.63) is 65.7 Å². The number of nitrogens with one attached hydrogen (secondary N) is 2. The van der Waals surface area contributed by atoms with E-state index in [4.69, 9.17) is 4.74 Å². The molecule has 0 radical (unpaired) electrons. The van der Waals surface area contributed by atoms with Gasteiger partial charge in [0.2, 0.25) is 11.8 Å².